The highest BCUT2D eigenvalue weighted by molar-refractivity contribution is 5.94. The molecule has 1 aliphatic heterocycles. The van der Waals surface area contributed by atoms with Crippen molar-refractivity contribution in [2.75, 3.05) is 13.1 Å². The lowest BCUT2D eigenvalue weighted by atomic mass is 10.1. The predicted molar refractivity (Wildman–Crippen MR) is 57.8 cm³/mol. The maximum absolute atomic E-state index is 13.0. The van der Waals surface area contributed by atoms with Crippen LogP contribution in [0.2, 0.25) is 0 Å². The summed E-state index contributed by atoms with van der Waals surface area (Å²) in [6.07, 6.45) is 3.12. The van der Waals surface area contributed by atoms with Crippen molar-refractivity contribution < 1.29 is 14.3 Å². The Morgan fingerprint density at radius 1 is 1.19 bits per heavy atom. The van der Waals surface area contributed by atoms with Crippen LogP contribution >= 0.6 is 0 Å². The number of carbonyl (C=O) groups is 1. The normalized spacial score (nSPS) is 16.2. The minimum Gasteiger partial charge on any atom is -0.508 e. The molecular formula is C12H14FNO2. The van der Waals surface area contributed by atoms with Gasteiger partial charge in [0, 0.05) is 24.7 Å². The maximum atomic E-state index is 13.0. The Hall–Kier alpha value is -1.58. The van der Waals surface area contributed by atoms with Crippen LogP contribution in [0.5, 0.6) is 5.75 Å². The van der Waals surface area contributed by atoms with Gasteiger partial charge in [0.2, 0.25) is 0 Å². The van der Waals surface area contributed by atoms with Gasteiger partial charge in [-0.05, 0) is 31.4 Å². The molecule has 1 aliphatic rings. The standard InChI is InChI=1S/C12H14FNO2/c13-10-6-9(7-11(15)8-10)12(16)14-4-2-1-3-5-14/h6-8,15H,1-5H2. The molecule has 0 spiro atoms. The number of amides is 1. The highest BCUT2D eigenvalue weighted by atomic mass is 19.1. The fourth-order valence-corrected chi connectivity index (χ4v) is 1.98. The fraction of sp³-hybridized carbons (Fsp3) is 0.417. The number of piperidine rings is 1. The first-order valence-corrected chi connectivity index (χ1v) is 5.45. The van der Waals surface area contributed by atoms with E-state index in [1.165, 1.54) is 6.07 Å². The van der Waals surface area contributed by atoms with Crippen LogP contribution in [0.25, 0.3) is 0 Å². The average molecular weight is 223 g/mol. The van der Waals surface area contributed by atoms with Gasteiger partial charge in [0.25, 0.3) is 5.91 Å². The Kier molecular flexibility index (Phi) is 3.08. The summed E-state index contributed by atoms with van der Waals surface area (Å²) in [7, 11) is 0. The van der Waals surface area contributed by atoms with Gasteiger partial charge in [0.15, 0.2) is 0 Å². The number of likely N-dealkylation sites (tertiary alicyclic amines) is 1. The van der Waals surface area contributed by atoms with Gasteiger partial charge in [-0.15, -0.1) is 0 Å². The summed E-state index contributed by atoms with van der Waals surface area (Å²) in [5.41, 5.74) is 0.222. The Labute approximate surface area is 93.5 Å². The van der Waals surface area contributed by atoms with Gasteiger partial charge in [-0.2, -0.15) is 0 Å². The zero-order valence-corrected chi connectivity index (χ0v) is 8.95. The summed E-state index contributed by atoms with van der Waals surface area (Å²) in [6, 6.07) is 3.46. The monoisotopic (exact) mass is 223 g/mol. The lowest BCUT2D eigenvalue weighted by Crippen LogP contribution is -2.35. The summed E-state index contributed by atoms with van der Waals surface area (Å²) >= 11 is 0. The number of halogens is 1. The van der Waals surface area contributed by atoms with Crippen LogP contribution in [0.3, 0.4) is 0 Å². The zero-order chi connectivity index (χ0) is 11.5. The van der Waals surface area contributed by atoms with Gasteiger partial charge in [-0.25, -0.2) is 4.39 Å². The molecule has 1 heterocycles. The number of benzene rings is 1. The van der Waals surface area contributed by atoms with E-state index in [9.17, 15) is 14.3 Å². The molecule has 1 aromatic rings. The third-order valence-corrected chi connectivity index (χ3v) is 2.77. The molecule has 0 bridgehead atoms. The number of aromatic hydroxyl groups is 1. The molecule has 4 heteroatoms. The minimum atomic E-state index is -0.583. The van der Waals surface area contributed by atoms with Gasteiger partial charge >= 0.3 is 0 Å². The Morgan fingerprint density at radius 2 is 1.88 bits per heavy atom. The second kappa shape index (κ2) is 4.51. The molecule has 1 saturated heterocycles. The van der Waals surface area contributed by atoms with Gasteiger partial charge in [-0.3, -0.25) is 4.79 Å². The van der Waals surface area contributed by atoms with Gasteiger partial charge in [0.05, 0.1) is 0 Å². The van der Waals surface area contributed by atoms with E-state index >= 15 is 0 Å². The first kappa shape index (κ1) is 10.9. The molecule has 1 amide bonds. The van der Waals surface area contributed by atoms with E-state index < -0.39 is 5.82 Å². The lowest BCUT2D eigenvalue weighted by Gasteiger charge is -2.26. The second-order valence-electron chi connectivity index (χ2n) is 4.05. The quantitative estimate of drug-likeness (QED) is 0.792. The molecule has 86 valence electrons. The number of nitrogens with zero attached hydrogens (tertiary/aromatic N) is 1. The smallest absolute Gasteiger partial charge is 0.254 e. The van der Waals surface area contributed by atoms with Crippen LogP contribution in [-0.2, 0) is 0 Å². The van der Waals surface area contributed by atoms with Crippen LogP contribution in [0.15, 0.2) is 18.2 Å². The highest BCUT2D eigenvalue weighted by Crippen LogP contribution is 2.18. The van der Waals surface area contributed by atoms with Gasteiger partial charge in [0.1, 0.15) is 11.6 Å². The zero-order valence-electron chi connectivity index (χ0n) is 8.95. The number of phenols is 1. The van der Waals surface area contributed by atoms with Crippen LogP contribution in [0, 0.1) is 5.82 Å². The topological polar surface area (TPSA) is 40.5 Å². The molecule has 0 saturated carbocycles. The first-order chi connectivity index (χ1) is 7.66. The van der Waals surface area contributed by atoms with Crippen LogP contribution < -0.4 is 0 Å². The van der Waals surface area contributed by atoms with Crippen LogP contribution in [0.1, 0.15) is 29.6 Å². The molecule has 0 aromatic heterocycles. The summed E-state index contributed by atoms with van der Waals surface area (Å²) < 4.78 is 13.0. The number of hydrogen-bond acceptors (Lipinski definition) is 2. The van der Waals surface area contributed by atoms with E-state index in [0.29, 0.717) is 0 Å². The van der Waals surface area contributed by atoms with E-state index in [0.717, 1.165) is 44.5 Å². The molecule has 1 aromatic carbocycles. The molecule has 0 unspecified atom stereocenters. The van der Waals surface area contributed by atoms with Crippen LogP contribution in [-0.4, -0.2) is 29.0 Å². The van der Waals surface area contributed by atoms with E-state index in [4.69, 9.17) is 0 Å². The largest absolute Gasteiger partial charge is 0.508 e. The Bertz CT molecular complexity index is 380. The fourth-order valence-electron chi connectivity index (χ4n) is 1.98. The van der Waals surface area contributed by atoms with E-state index in [1.807, 2.05) is 0 Å². The van der Waals surface area contributed by atoms with Crippen molar-refractivity contribution in [2.45, 2.75) is 19.3 Å². The van der Waals surface area contributed by atoms with Crippen molar-refractivity contribution in [2.24, 2.45) is 0 Å². The molecule has 2 rings (SSSR count). The van der Waals surface area contributed by atoms with Crippen molar-refractivity contribution in [3.8, 4) is 5.75 Å². The molecule has 0 radical (unpaired) electrons. The number of phenolic OH excluding ortho intramolecular Hbond substituents is 1. The average Bonchev–Trinajstić information content (AvgIpc) is 2.28. The SMILES string of the molecule is O=C(c1cc(O)cc(F)c1)N1CCCCC1. The maximum Gasteiger partial charge on any atom is 0.254 e. The summed E-state index contributed by atoms with van der Waals surface area (Å²) in [5.74, 6) is -0.991. The third-order valence-electron chi connectivity index (χ3n) is 2.77. The summed E-state index contributed by atoms with van der Waals surface area (Å²) in [4.78, 5) is 13.7. The van der Waals surface area contributed by atoms with E-state index in [1.54, 1.807) is 4.90 Å². The molecule has 1 N–H and O–H groups in total. The lowest BCUT2D eigenvalue weighted by molar-refractivity contribution is 0.0723. The van der Waals surface area contributed by atoms with E-state index in [2.05, 4.69) is 0 Å². The molecular weight excluding hydrogens is 209 g/mol. The van der Waals surface area contributed by atoms with Crippen molar-refractivity contribution in [3.05, 3.63) is 29.6 Å². The van der Waals surface area contributed by atoms with Crippen molar-refractivity contribution >= 4 is 5.91 Å². The molecule has 16 heavy (non-hydrogen) atoms. The Morgan fingerprint density at radius 3 is 2.50 bits per heavy atom. The minimum absolute atomic E-state index is 0.200. The van der Waals surface area contributed by atoms with Crippen molar-refractivity contribution in [3.63, 3.8) is 0 Å². The summed E-state index contributed by atoms with van der Waals surface area (Å²) in [5, 5.41) is 9.23. The van der Waals surface area contributed by atoms with Gasteiger partial charge < -0.3 is 10.0 Å². The summed E-state index contributed by atoms with van der Waals surface area (Å²) in [6.45, 7) is 1.44. The molecule has 0 aliphatic carbocycles. The number of rotatable bonds is 1. The molecule has 3 nitrogen and oxygen atoms in total. The predicted octanol–water partition coefficient (Wildman–Crippen LogP) is 2.16. The van der Waals surface area contributed by atoms with Crippen LogP contribution in [0.4, 0.5) is 4.39 Å². The number of hydrogen-bond donors (Lipinski definition) is 1. The highest BCUT2D eigenvalue weighted by Gasteiger charge is 2.18. The third kappa shape index (κ3) is 2.32. The molecule has 1 fully saturated rings. The van der Waals surface area contributed by atoms with Gasteiger partial charge in [-0.1, -0.05) is 0 Å². The van der Waals surface area contributed by atoms with E-state index in [-0.39, 0.29) is 17.2 Å². The second-order valence-corrected chi connectivity index (χ2v) is 4.05. The number of carbonyl (C=O) groups excluding carboxylic acids is 1. The molecule has 0 atom stereocenters. The van der Waals surface area contributed by atoms with Crippen molar-refractivity contribution in [1.29, 1.82) is 0 Å². The van der Waals surface area contributed by atoms with Crippen molar-refractivity contribution in [1.82, 2.24) is 4.90 Å². The first-order valence-electron chi connectivity index (χ1n) is 5.45. The Balaban J connectivity index is 2.19.